The number of benzene rings is 1. The molecule has 0 aliphatic heterocycles. The van der Waals surface area contributed by atoms with E-state index in [0.717, 1.165) is 22.2 Å². The Morgan fingerprint density at radius 2 is 1.81 bits per heavy atom. The molecule has 4 nitrogen and oxygen atoms in total. The van der Waals surface area contributed by atoms with Gasteiger partial charge in [-0.15, -0.1) is 0 Å². The van der Waals surface area contributed by atoms with E-state index in [9.17, 15) is 13.6 Å². The van der Waals surface area contributed by atoms with Crippen LogP contribution in [0.5, 0.6) is 0 Å². The van der Waals surface area contributed by atoms with E-state index in [1.54, 1.807) is 24.6 Å². The van der Waals surface area contributed by atoms with Crippen molar-refractivity contribution in [2.45, 2.75) is 38.2 Å². The highest BCUT2D eigenvalue weighted by Gasteiger charge is 2.28. The maximum absolute atomic E-state index is 12.7. The lowest BCUT2D eigenvalue weighted by Crippen LogP contribution is -2.38. The van der Waals surface area contributed by atoms with E-state index in [-0.39, 0.29) is 11.9 Å². The second-order valence-electron chi connectivity index (χ2n) is 6.99. The Morgan fingerprint density at radius 3 is 2.52 bits per heavy atom. The fourth-order valence-electron chi connectivity index (χ4n) is 3.69. The molecule has 0 radical (unpaired) electrons. The number of hydrogen-bond donors (Lipinski definition) is 1. The number of amides is 1. The molecule has 1 aromatic carbocycles. The molecule has 0 saturated heterocycles. The summed E-state index contributed by atoms with van der Waals surface area (Å²) in [6, 6.07) is 10.9. The fraction of sp³-hybridized carbons (Fsp3) is 0.333. The van der Waals surface area contributed by atoms with E-state index < -0.39 is 12.3 Å². The van der Waals surface area contributed by atoms with Gasteiger partial charge in [0.2, 0.25) is 6.43 Å². The number of fused-ring (bicyclic) bond motifs is 1. The summed E-state index contributed by atoms with van der Waals surface area (Å²) < 4.78 is 30.9. The van der Waals surface area contributed by atoms with Crippen molar-refractivity contribution in [3.05, 3.63) is 54.4 Å². The van der Waals surface area contributed by atoms with Crippen molar-refractivity contribution in [1.82, 2.24) is 10.3 Å². The Bertz CT molecular complexity index is 929. The number of nitrogens with one attached hydrogen (secondary N) is 1. The molecule has 1 fully saturated rings. The van der Waals surface area contributed by atoms with E-state index in [2.05, 4.69) is 10.3 Å². The van der Waals surface area contributed by atoms with Crippen LogP contribution in [0.25, 0.3) is 22.2 Å². The van der Waals surface area contributed by atoms with Crippen LogP contribution in [0.1, 0.15) is 36.0 Å². The lowest BCUT2D eigenvalue weighted by Gasteiger charge is -2.28. The van der Waals surface area contributed by atoms with E-state index in [1.165, 1.54) is 0 Å². The number of hydrogen-bond acceptors (Lipinski definition) is 3. The number of nitrogens with zero attached hydrogens (tertiary/aromatic N) is 1. The van der Waals surface area contributed by atoms with Crippen molar-refractivity contribution in [2.24, 2.45) is 5.92 Å². The number of furan rings is 1. The number of halogens is 2. The maximum Gasteiger partial charge on any atom is 0.251 e. The van der Waals surface area contributed by atoms with E-state index in [4.69, 9.17) is 4.42 Å². The van der Waals surface area contributed by atoms with Gasteiger partial charge in [0.05, 0.1) is 12.0 Å². The minimum Gasteiger partial charge on any atom is -0.464 e. The highest BCUT2D eigenvalue weighted by molar-refractivity contribution is 5.96. The number of pyridine rings is 1. The Hall–Kier alpha value is -2.76. The van der Waals surface area contributed by atoms with Crippen molar-refractivity contribution in [1.29, 1.82) is 0 Å². The Labute approximate surface area is 155 Å². The third kappa shape index (κ3) is 3.70. The molecule has 0 unspecified atom stereocenters. The van der Waals surface area contributed by atoms with Gasteiger partial charge >= 0.3 is 0 Å². The second kappa shape index (κ2) is 7.47. The smallest absolute Gasteiger partial charge is 0.251 e. The van der Waals surface area contributed by atoms with Crippen molar-refractivity contribution in [3.63, 3.8) is 0 Å². The Kier molecular flexibility index (Phi) is 4.88. The quantitative estimate of drug-likeness (QED) is 0.699. The third-order valence-electron chi connectivity index (χ3n) is 5.26. The molecule has 1 N–H and O–H groups in total. The normalized spacial score (nSPS) is 20.1. The van der Waals surface area contributed by atoms with Crippen molar-refractivity contribution in [3.8, 4) is 11.3 Å². The van der Waals surface area contributed by atoms with Crippen LogP contribution in [0.2, 0.25) is 0 Å². The van der Waals surface area contributed by atoms with E-state index in [1.807, 2.05) is 24.3 Å². The first-order chi connectivity index (χ1) is 13.1. The summed E-state index contributed by atoms with van der Waals surface area (Å²) in [6.07, 6.45) is 3.18. The zero-order chi connectivity index (χ0) is 18.8. The monoisotopic (exact) mass is 370 g/mol. The summed E-state index contributed by atoms with van der Waals surface area (Å²) in [6.45, 7) is 0. The van der Waals surface area contributed by atoms with Gasteiger partial charge in [0.15, 0.2) is 0 Å². The van der Waals surface area contributed by atoms with Crippen molar-refractivity contribution in [2.75, 3.05) is 0 Å². The third-order valence-corrected chi connectivity index (χ3v) is 5.26. The number of carbonyl (C=O) groups excluding carboxylic acids is 1. The van der Waals surface area contributed by atoms with Gasteiger partial charge in [0.25, 0.3) is 5.91 Å². The molecule has 27 heavy (non-hydrogen) atoms. The molecule has 0 bridgehead atoms. The minimum absolute atomic E-state index is 0.0338. The highest BCUT2D eigenvalue weighted by Crippen LogP contribution is 2.30. The molecule has 3 aromatic rings. The lowest BCUT2D eigenvalue weighted by atomic mass is 9.86. The number of alkyl halides is 2. The highest BCUT2D eigenvalue weighted by atomic mass is 19.3. The largest absolute Gasteiger partial charge is 0.464 e. The van der Waals surface area contributed by atoms with Crippen LogP contribution in [0.15, 0.2) is 53.3 Å². The van der Waals surface area contributed by atoms with Gasteiger partial charge in [-0.1, -0.05) is 12.1 Å². The van der Waals surface area contributed by atoms with Crippen LogP contribution in [0, 0.1) is 5.92 Å². The second-order valence-corrected chi connectivity index (χ2v) is 6.99. The molecule has 1 aliphatic carbocycles. The van der Waals surface area contributed by atoms with Crippen molar-refractivity contribution >= 4 is 16.9 Å². The summed E-state index contributed by atoms with van der Waals surface area (Å²) in [5.41, 5.74) is 3.02. The zero-order valence-electron chi connectivity index (χ0n) is 14.7. The fourth-order valence-corrected chi connectivity index (χ4v) is 3.69. The van der Waals surface area contributed by atoms with Gasteiger partial charge in [0, 0.05) is 34.7 Å². The SMILES string of the molecule is O=C(NC1CCC(C(F)F)CC1)c1ccc(-c2nccc3occc23)cc1. The van der Waals surface area contributed by atoms with Gasteiger partial charge in [0.1, 0.15) is 5.58 Å². The topological polar surface area (TPSA) is 55.1 Å². The average molecular weight is 370 g/mol. The lowest BCUT2D eigenvalue weighted by molar-refractivity contribution is 0.0499. The molecule has 2 heterocycles. The summed E-state index contributed by atoms with van der Waals surface area (Å²) >= 11 is 0. The standard InChI is InChI=1S/C21H20F2N2O2/c22-20(23)14-5-7-16(8-6-14)25-21(26)15-3-1-13(2-4-15)19-17-10-12-27-18(17)9-11-24-19/h1-4,9-12,14,16,20H,5-8H2,(H,25,26). The van der Waals surface area contributed by atoms with Crippen LogP contribution in [-0.4, -0.2) is 23.4 Å². The molecule has 0 atom stereocenters. The molecule has 1 saturated carbocycles. The van der Waals surface area contributed by atoms with Gasteiger partial charge in [-0.3, -0.25) is 9.78 Å². The van der Waals surface area contributed by atoms with Gasteiger partial charge in [-0.2, -0.15) is 0 Å². The van der Waals surface area contributed by atoms with Crippen LogP contribution >= 0.6 is 0 Å². The summed E-state index contributed by atoms with van der Waals surface area (Å²) in [5.74, 6) is -0.702. The molecule has 4 rings (SSSR count). The van der Waals surface area contributed by atoms with Crippen LogP contribution in [0.3, 0.4) is 0 Å². The van der Waals surface area contributed by atoms with E-state index in [0.29, 0.717) is 31.2 Å². The predicted molar refractivity (Wildman–Crippen MR) is 98.7 cm³/mol. The van der Waals surface area contributed by atoms with E-state index >= 15 is 0 Å². The average Bonchev–Trinajstić information content (AvgIpc) is 3.17. The van der Waals surface area contributed by atoms with Crippen LogP contribution < -0.4 is 5.32 Å². The number of aromatic nitrogens is 1. The molecule has 6 heteroatoms. The Morgan fingerprint density at radius 1 is 1.07 bits per heavy atom. The first-order valence-electron chi connectivity index (χ1n) is 9.13. The molecule has 1 amide bonds. The molecule has 0 spiro atoms. The predicted octanol–water partition coefficient (Wildman–Crippen LogP) is 5.05. The number of carbonyl (C=O) groups is 1. The summed E-state index contributed by atoms with van der Waals surface area (Å²) in [4.78, 5) is 16.9. The molecule has 1 aliphatic rings. The summed E-state index contributed by atoms with van der Waals surface area (Å²) in [7, 11) is 0. The van der Waals surface area contributed by atoms with Crippen molar-refractivity contribution < 1.29 is 18.0 Å². The van der Waals surface area contributed by atoms with Gasteiger partial charge in [-0.25, -0.2) is 8.78 Å². The van der Waals surface area contributed by atoms with Crippen LogP contribution in [-0.2, 0) is 0 Å². The van der Waals surface area contributed by atoms with Gasteiger partial charge < -0.3 is 9.73 Å². The Balaban J connectivity index is 1.43. The zero-order valence-corrected chi connectivity index (χ0v) is 14.7. The number of rotatable bonds is 4. The van der Waals surface area contributed by atoms with Crippen LogP contribution in [0.4, 0.5) is 8.78 Å². The minimum atomic E-state index is -2.26. The molecule has 140 valence electrons. The first-order valence-corrected chi connectivity index (χ1v) is 9.13. The molecular weight excluding hydrogens is 350 g/mol. The first kappa shape index (κ1) is 17.6. The molecular formula is C21H20F2N2O2. The van der Waals surface area contributed by atoms with Gasteiger partial charge in [-0.05, 0) is 49.9 Å². The maximum atomic E-state index is 12.7. The molecule has 2 aromatic heterocycles. The summed E-state index contributed by atoms with van der Waals surface area (Å²) in [5, 5.41) is 3.89.